The first-order chi connectivity index (χ1) is 20.4. The molecule has 1 aromatic heterocycles. The lowest BCUT2D eigenvalue weighted by Gasteiger charge is -2.24. The smallest absolute Gasteiger partial charge is 0.336 e. The van der Waals surface area contributed by atoms with E-state index in [1.54, 1.807) is 0 Å². The van der Waals surface area contributed by atoms with Crippen molar-refractivity contribution in [3.63, 3.8) is 0 Å². The molecule has 1 aliphatic heterocycles. The lowest BCUT2D eigenvalue weighted by Crippen LogP contribution is -2.42. The van der Waals surface area contributed by atoms with Gasteiger partial charge in [0.1, 0.15) is 0 Å². The Morgan fingerprint density at radius 2 is 1.63 bits per heavy atom. The number of carboxylic acid groups (broad SMARTS) is 3. The number of imidazole rings is 1. The van der Waals surface area contributed by atoms with E-state index in [9.17, 15) is 14.4 Å². The highest BCUT2D eigenvalue weighted by atomic mass is 35.5. The minimum absolute atomic E-state index is 0.252. The molecule has 13 nitrogen and oxygen atoms in total. The zero-order valence-corrected chi connectivity index (χ0v) is 24.6. The number of benzene rings is 2. The van der Waals surface area contributed by atoms with Gasteiger partial charge in [-0.25, -0.2) is 9.78 Å². The number of rotatable bonds is 14. The first-order valence-corrected chi connectivity index (χ1v) is 13.7. The SMILES string of the molecule is CN(C)c1ccc(CN(CCCn2ccnc2)Cc2cc3c(cc2Cl)OCO3)cc1.O=C(O)CC(O)(CC(=O)O)C(=O)O. The van der Waals surface area contributed by atoms with Crippen LogP contribution >= 0.6 is 11.6 Å². The molecule has 0 aliphatic carbocycles. The van der Waals surface area contributed by atoms with Gasteiger partial charge in [-0.3, -0.25) is 14.5 Å². The molecule has 0 radical (unpaired) electrons. The average molecular weight is 619 g/mol. The number of carboxylic acids is 3. The second-order valence-electron chi connectivity index (χ2n) is 10.2. The highest BCUT2D eigenvalue weighted by molar-refractivity contribution is 6.31. The van der Waals surface area contributed by atoms with Crippen LogP contribution in [0, 0.1) is 0 Å². The van der Waals surface area contributed by atoms with Crippen LogP contribution in [0.15, 0.2) is 55.1 Å². The van der Waals surface area contributed by atoms with Crippen molar-refractivity contribution in [3.8, 4) is 11.5 Å². The van der Waals surface area contributed by atoms with E-state index in [0.717, 1.165) is 49.7 Å². The minimum atomic E-state index is -2.74. The normalized spacial score (nSPS) is 12.0. The second kappa shape index (κ2) is 15.2. The van der Waals surface area contributed by atoms with E-state index >= 15 is 0 Å². The van der Waals surface area contributed by atoms with Crippen LogP contribution in [0.25, 0.3) is 0 Å². The van der Waals surface area contributed by atoms with E-state index in [1.165, 1.54) is 11.3 Å². The van der Waals surface area contributed by atoms with E-state index in [2.05, 4.69) is 57.7 Å². The number of carbonyl (C=O) groups is 3. The topological polar surface area (TPSA) is 175 Å². The number of ether oxygens (including phenoxy) is 2. The summed E-state index contributed by atoms with van der Waals surface area (Å²) in [6.07, 6.45) is 4.41. The third-order valence-electron chi connectivity index (χ3n) is 6.53. The fourth-order valence-electron chi connectivity index (χ4n) is 4.30. The lowest BCUT2D eigenvalue weighted by atomic mass is 9.96. The molecule has 14 heteroatoms. The summed E-state index contributed by atoms with van der Waals surface area (Å²) in [4.78, 5) is 39.1. The third-order valence-corrected chi connectivity index (χ3v) is 6.88. The summed E-state index contributed by atoms with van der Waals surface area (Å²) in [5.74, 6) is -3.53. The molecule has 0 saturated carbocycles. The van der Waals surface area contributed by atoms with Gasteiger partial charge in [-0.1, -0.05) is 23.7 Å². The predicted octanol–water partition coefficient (Wildman–Crippen LogP) is 3.18. The summed E-state index contributed by atoms with van der Waals surface area (Å²) >= 11 is 6.55. The Labute approximate surface area is 253 Å². The molecular formula is C29H35ClN4O9. The van der Waals surface area contributed by atoms with Crippen LogP contribution in [-0.2, 0) is 34.0 Å². The van der Waals surface area contributed by atoms with Gasteiger partial charge >= 0.3 is 17.9 Å². The number of fused-ring (bicyclic) bond motifs is 1. The number of anilines is 1. The van der Waals surface area contributed by atoms with Crippen LogP contribution < -0.4 is 14.4 Å². The van der Waals surface area contributed by atoms with Crippen LogP contribution in [0.2, 0.25) is 5.02 Å². The maximum atomic E-state index is 10.3. The Kier molecular flexibility index (Phi) is 11.8. The molecule has 0 amide bonds. The predicted molar refractivity (Wildman–Crippen MR) is 156 cm³/mol. The first-order valence-electron chi connectivity index (χ1n) is 13.3. The van der Waals surface area contributed by atoms with Crippen molar-refractivity contribution in [2.75, 3.05) is 32.3 Å². The van der Waals surface area contributed by atoms with Crippen molar-refractivity contribution in [3.05, 3.63) is 71.3 Å². The maximum absolute atomic E-state index is 10.3. The van der Waals surface area contributed by atoms with E-state index in [-0.39, 0.29) is 6.79 Å². The van der Waals surface area contributed by atoms with Crippen molar-refractivity contribution < 1.29 is 44.3 Å². The highest BCUT2D eigenvalue weighted by Crippen LogP contribution is 2.37. The summed E-state index contributed by atoms with van der Waals surface area (Å²) < 4.78 is 13.1. The van der Waals surface area contributed by atoms with Crippen molar-refractivity contribution in [2.24, 2.45) is 0 Å². The minimum Gasteiger partial charge on any atom is -0.481 e. The standard InChI is InChI=1S/C23H27ClN4O2.C6H8O7/c1-26(2)20-6-4-18(5-7-20)14-28(10-3-9-27-11-8-25-16-27)15-19-12-22-23(13-21(19)24)30-17-29-22;7-3(8)1-6(13,5(11)12)2-4(9)10/h4-8,11-13,16H,3,9-10,14-15,17H2,1-2H3;13H,1-2H2,(H,7,8)(H,9,10)(H,11,12). The quantitative estimate of drug-likeness (QED) is 0.208. The average Bonchev–Trinajstić information content (AvgIpc) is 3.60. The van der Waals surface area contributed by atoms with Crippen LogP contribution in [0.3, 0.4) is 0 Å². The Hall–Kier alpha value is -4.33. The van der Waals surface area contributed by atoms with E-state index < -0.39 is 36.4 Å². The van der Waals surface area contributed by atoms with E-state index in [4.69, 9.17) is 41.5 Å². The van der Waals surface area contributed by atoms with Crippen molar-refractivity contribution in [2.45, 2.75) is 44.5 Å². The first kappa shape index (κ1) is 33.2. The molecule has 1 aliphatic rings. The number of hydrogen-bond donors (Lipinski definition) is 4. The Morgan fingerprint density at radius 1 is 1.00 bits per heavy atom. The molecule has 43 heavy (non-hydrogen) atoms. The fourth-order valence-corrected chi connectivity index (χ4v) is 4.52. The molecule has 2 aromatic carbocycles. The van der Waals surface area contributed by atoms with Crippen molar-refractivity contribution in [1.29, 1.82) is 0 Å². The van der Waals surface area contributed by atoms with Crippen LogP contribution in [0.1, 0.15) is 30.4 Å². The molecule has 2 heterocycles. The van der Waals surface area contributed by atoms with Crippen molar-refractivity contribution >= 4 is 35.2 Å². The van der Waals surface area contributed by atoms with Crippen LogP contribution in [0.4, 0.5) is 5.69 Å². The van der Waals surface area contributed by atoms with Gasteiger partial charge in [0.05, 0.1) is 19.2 Å². The van der Waals surface area contributed by atoms with Gasteiger partial charge in [0, 0.05) is 69.4 Å². The molecule has 0 spiro atoms. The Bertz CT molecular complexity index is 1370. The summed E-state index contributed by atoms with van der Waals surface area (Å²) in [5.41, 5.74) is 0.787. The summed E-state index contributed by atoms with van der Waals surface area (Å²) in [6.45, 7) is 3.72. The van der Waals surface area contributed by atoms with Crippen molar-refractivity contribution in [1.82, 2.24) is 14.5 Å². The van der Waals surface area contributed by atoms with Gasteiger partial charge in [-0.05, 0) is 35.7 Å². The van der Waals surface area contributed by atoms with Gasteiger partial charge < -0.3 is 39.4 Å². The lowest BCUT2D eigenvalue weighted by molar-refractivity contribution is -0.170. The molecule has 4 N–H and O–H groups in total. The van der Waals surface area contributed by atoms with Gasteiger partial charge in [0.15, 0.2) is 17.1 Å². The second-order valence-corrected chi connectivity index (χ2v) is 10.6. The molecule has 0 bridgehead atoms. The summed E-state index contributed by atoms with van der Waals surface area (Å²) in [6, 6.07) is 12.6. The van der Waals surface area contributed by atoms with Gasteiger partial charge in [-0.15, -0.1) is 0 Å². The molecule has 0 atom stereocenters. The number of aromatic nitrogens is 2. The monoisotopic (exact) mass is 618 g/mol. The van der Waals surface area contributed by atoms with Gasteiger partial charge in [0.2, 0.25) is 6.79 Å². The fraction of sp³-hybridized carbons (Fsp3) is 0.379. The molecule has 0 unspecified atom stereocenters. The number of aliphatic hydroxyl groups is 1. The third kappa shape index (κ3) is 10.2. The number of hydrogen-bond acceptors (Lipinski definition) is 9. The molecule has 4 rings (SSSR count). The zero-order valence-electron chi connectivity index (χ0n) is 23.8. The molecule has 0 fully saturated rings. The highest BCUT2D eigenvalue weighted by Gasteiger charge is 2.40. The zero-order chi connectivity index (χ0) is 31.6. The Balaban J connectivity index is 0.000000331. The number of aliphatic carboxylic acids is 3. The summed E-state index contributed by atoms with van der Waals surface area (Å²) in [7, 11) is 4.11. The largest absolute Gasteiger partial charge is 0.481 e. The van der Waals surface area contributed by atoms with Gasteiger partial charge in [-0.2, -0.15) is 0 Å². The molecular weight excluding hydrogens is 584 g/mol. The molecule has 232 valence electrons. The van der Waals surface area contributed by atoms with Crippen LogP contribution in [-0.4, -0.2) is 85.8 Å². The Morgan fingerprint density at radius 3 is 2.16 bits per heavy atom. The number of aryl methyl sites for hydroxylation is 1. The summed E-state index contributed by atoms with van der Waals surface area (Å²) in [5, 5.41) is 34.5. The van der Waals surface area contributed by atoms with Crippen LogP contribution in [0.5, 0.6) is 11.5 Å². The van der Waals surface area contributed by atoms with E-state index in [0.29, 0.717) is 5.02 Å². The maximum Gasteiger partial charge on any atom is 0.336 e. The molecule has 0 saturated heterocycles. The van der Waals surface area contributed by atoms with Gasteiger partial charge in [0.25, 0.3) is 0 Å². The number of nitrogens with zero attached hydrogens (tertiary/aromatic N) is 4. The number of halogens is 1. The van der Waals surface area contributed by atoms with E-state index in [1.807, 2.05) is 30.9 Å². The molecule has 3 aromatic rings.